The van der Waals surface area contributed by atoms with Crippen LogP contribution in [0.15, 0.2) is 133 Å². The second kappa shape index (κ2) is 9.88. The van der Waals surface area contributed by atoms with Crippen molar-refractivity contribution in [3.05, 3.63) is 166 Å². The molecule has 0 fully saturated rings. The van der Waals surface area contributed by atoms with E-state index in [1.165, 1.54) is 6.07 Å². The fourth-order valence-corrected chi connectivity index (χ4v) is 4.73. The van der Waals surface area contributed by atoms with Crippen LogP contribution in [0.25, 0.3) is 11.1 Å². The van der Waals surface area contributed by atoms with E-state index in [0.717, 1.165) is 27.8 Å². The second-order valence-corrected chi connectivity index (χ2v) is 8.63. The smallest absolute Gasteiger partial charge is 0.280 e. The molecule has 0 aliphatic carbocycles. The third-order valence-corrected chi connectivity index (χ3v) is 6.41. The zero-order valence-corrected chi connectivity index (χ0v) is 19.9. The fraction of sp³-hybridized carbons (Fsp3) is 0.0625. The summed E-state index contributed by atoms with van der Waals surface area (Å²) in [4.78, 5) is 11.8. The molecule has 5 aromatic rings. The van der Waals surface area contributed by atoms with Crippen LogP contribution in [0.1, 0.15) is 22.3 Å². The van der Waals surface area contributed by atoms with Gasteiger partial charge in [-0.05, 0) is 30.2 Å². The van der Waals surface area contributed by atoms with Crippen molar-refractivity contribution in [2.75, 3.05) is 0 Å². The lowest BCUT2D eigenvalue weighted by Gasteiger charge is -2.37. The first-order valence-electron chi connectivity index (χ1n) is 11.8. The van der Waals surface area contributed by atoms with E-state index in [2.05, 4.69) is 19.1 Å². The molecule has 0 radical (unpaired) electrons. The van der Waals surface area contributed by atoms with Gasteiger partial charge in [0.25, 0.3) is 5.69 Å². The number of aryl methyl sites for hydroxylation is 1. The Balaban J connectivity index is 1.75. The van der Waals surface area contributed by atoms with E-state index in [1.54, 1.807) is 6.07 Å². The summed E-state index contributed by atoms with van der Waals surface area (Å²) in [6.07, 6.45) is 0. The van der Waals surface area contributed by atoms with Crippen molar-refractivity contribution in [1.82, 2.24) is 0 Å². The summed E-state index contributed by atoms with van der Waals surface area (Å²) in [5.74, 6) is 0.414. The maximum atomic E-state index is 12.1. The van der Waals surface area contributed by atoms with Gasteiger partial charge in [-0.1, -0.05) is 115 Å². The summed E-state index contributed by atoms with van der Waals surface area (Å²) in [6.45, 7) is 2.06. The van der Waals surface area contributed by atoms with Gasteiger partial charge in [-0.15, -0.1) is 0 Å². The van der Waals surface area contributed by atoms with Gasteiger partial charge in [0, 0.05) is 16.7 Å². The molecular weight excluding hydrogens is 446 g/mol. The van der Waals surface area contributed by atoms with Crippen LogP contribution in [0, 0.1) is 17.0 Å². The van der Waals surface area contributed by atoms with E-state index in [9.17, 15) is 10.1 Å². The predicted octanol–water partition coefficient (Wildman–Crippen LogP) is 7.94. The van der Waals surface area contributed by atoms with Crippen molar-refractivity contribution in [3.63, 3.8) is 0 Å². The maximum absolute atomic E-state index is 12.1. The quantitative estimate of drug-likeness (QED) is 0.137. The molecule has 4 nitrogen and oxygen atoms in total. The Labute approximate surface area is 210 Å². The molecule has 0 atom stereocenters. The molecule has 0 saturated carbocycles. The normalized spacial score (nSPS) is 11.1. The predicted molar refractivity (Wildman–Crippen MR) is 143 cm³/mol. The maximum Gasteiger partial charge on any atom is 0.280 e. The molecule has 0 bridgehead atoms. The van der Waals surface area contributed by atoms with Crippen LogP contribution < -0.4 is 4.74 Å². The standard InChI is InChI=1S/C32H25NO3/c1-24-13-11-12-20-30(24)32(26-16-7-3-8-17-26,27-18-9-4-10-19-27)36-28-21-22-29(31(23-28)33(34)35)25-14-5-2-6-15-25/h2-23H,1H3. The Morgan fingerprint density at radius 3 is 1.75 bits per heavy atom. The van der Waals surface area contributed by atoms with Gasteiger partial charge in [-0.3, -0.25) is 10.1 Å². The Bertz CT molecular complexity index is 1440. The first-order chi connectivity index (χ1) is 17.6. The van der Waals surface area contributed by atoms with Crippen LogP contribution in [0.2, 0.25) is 0 Å². The average Bonchev–Trinajstić information content (AvgIpc) is 2.93. The zero-order chi connectivity index (χ0) is 25.0. The molecule has 176 valence electrons. The molecule has 5 rings (SSSR count). The first-order valence-corrected chi connectivity index (χ1v) is 11.8. The summed E-state index contributed by atoms with van der Waals surface area (Å²) >= 11 is 0. The molecule has 0 N–H and O–H groups in total. The third-order valence-electron chi connectivity index (χ3n) is 6.41. The number of nitro groups is 1. The van der Waals surface area contributed by atoms with E-state index in [0.29, 0.717) is 11.3 Å². The highest BCUT2D eigenvalue weighted by Gasteiger charge is 2.40. The van der Waals surface area contributed by atoms with Crippen LogP contribution >= 0.6 is 0 Å². The van der Waals surface area contributed by atoms with E-state index in [-0.39, 0.29) is 10.6 Å². The summed E-state index contributed by atoms with van der Waals surface area (Å²) in [5, 5.41) is 12.1. The molecule has 4 heteroatoms. The molecule has 0 spiro atoms. The van der Waals surface area contributed by atoms with E-state index in [4.69, 9.17) is 4.74 Å². The van der Waals surface area contributed by atoms with Gasteiger partial charge in [0.1, 0.15) is 5.75 Å². The van der Waals surface area contributed by atoms with Crippen LogP contribution in [-0.2, 0) is 5.60 Å². The van der Waals surface area contributed by atoms with Crippen LogP contribution in [0.4, 0.5) is 5.69 Å². The van der Waals surface area contributed by atoms with Gasteiger partial charge in [0.15, 0.2) is 5.60 Å². The SMILES string of the molecule is Cc1ccccc1C(Oc1ccc(-c2ccccc2)c([N+](=O)[O-])c1)(c1ccccc1)c1ccccc1. The van der Waals surface area contributed by atoms with Crippen molar-refractivity contribution in [3.8, 4) is 16.9 Å². The monoisotopic (exact) mass is 471 g/mol. The summed E-state index contributed by atoms with van der Waals surface area (Å²) in [6, 6.07) is 42.6. The molecule has 0 aliphatic rings. The molecule has 5 aromatic carbocycles. The largest absolute Gasteiger partial charge is 0.473 e. The lowest BCUT2D eigenvalue weighted by molar-refractivity contribution is -0.384. The minimum absolute atomic E-state index is 0.00138. The highest BCUT2D eigenvalue weighted by atomic mass is 16.6. The van der Waals surface area contributed by atoms with Crippen molar-refractivity contribution in [2.24, 2.45) is 0 Å². The molecule has 36 heavy (non-hydrogen) atoms. The Kier molecular flexibility index (Phi) is 6.33. The van der Waals surface area contributed by atoms with Gasteiger partial charge in [-0.2, -0.15) is 0 Å². The minimum Gasteiger partial charge on any atom is -0.473 e. The van der Waals surface area contributed by atoms with Gasteiger partial charge in [-0.25, -0.2) is 0 Å². The number of benzene rings is 5. The minimum atomic E-state index is -1.02. The number of nitrogens with zero attached hydrogens (tertiary/aromatic N) is 1. The molecule has 0 aliphatic heterocycles. The topological polar surface area (TPSA) is 52.4 Å². The van der Waals surface area contributed by atoms with Crippen LogP contribution in [0.5, 0.6) is 5.75 Å². The van der Waals surface area contributed by atoms with E-state index >= 15 is 0 Å². The van der Waals surface area contributed by atoms with E-state index in [1.807, 2.05) is 109 Å². The summed E-state index contributed by atoms with van der Waals surface area (Å²) in [7, 11) is 0. The Hall–Kier alpha value is -4.70. The van der Waals surface area contributed by atoms with Gasteiger partial charge in [0.2, 0.25) is 0 Å². The fourth-order valence-electron chi connectivity index (χ4n) is 4.73. The number of ether oxygens (including phenoxy) is 1. The Morgan fingerprint density at radius 1 is 0.667 bits per heavy atom. The lowest BCUT2D eigenvalue weighted by Crippen LogP contribution is -2.36. The highest BCUT2D eigenvalue weighted by Crippen LogP contribution is 2.44. The van der Waals surface area contributed by atoms with Crippen molar-refractivity contribution in [2.45, 2.75) is 12.5 Å². The number of rotatable bonds is 7. The molecule has 0 unspecified atom stereocenters. The number of nitro benzene ring substituents is 1. The van der Waals surface area contributed by atoms with Crippen LogP contribution in [0.3, 0.4) is 0 Å². The van der Waals surface area contributed by atoms with Gasteiger partial charge < -0.3 is 4.74 Å². The zero-order valence-electron chi connectivity index (χ0n) is 19.9. The molecule has 0 heterocycles. The Morgan fingerprint density at radius 2 is 1.19 bits per heavy atom. The highest BCUT2D eigenvalue weighted by molar-refractivity contribution is 5.74. The number of hydrogen-bond acceptors (Lipinski definition) is 3. The molecular formula is C32H25NO3. The summed E-state index contributed by atoms with van der Waals surface area (Å²) in [5.41, 5.74) is 4.20. The van der Waals surface area contributed by atoms with Crippen molar-refractivity contribution >= 4 is 5.69 Å². The lowest BCUT2D eigenvalue weighted by atomic mass is 9.78. The average molecular weight is 472 g/mol. The molecule has 0 saturated heterocycles. The van der Waals surface area contributed by atoms with E-state index < -0.39 is 5.60 Å². The molecule has 0 aromatic heterocycles. The third kappa shape index (κ3) is 4.25. The van der Waals surface area contributed by atoms with Crippen molar-refractivity contribution in [1.29, 1.82) is 0 Å². The van der Waals surface area contributed by atoms with Gasteiger partial charge >= 0.3 is 0 Å². The van der Waals surface area contributed by atoms with Gasteiger partial charge in [0.05, 0.1) is 16.6 Å². The summed E-state index contributed by atoms with van der Waals surface area (Å²) < 4.78 is 6.92. The van der Waals surface area contributed by atoms with Crippen molar-refractivity contribution < 1.29 is 9.66 Å². The first kappa shape index (κ1) is 23.1. The van der Waals surface area contributed by atoms with Crippen LogP contribution in [-0.4, -0.2) is 4.92 Å². The second-order valence-electron chi connectivity index (χ2n) is 8.63. The number of hydrogen-bond donors (Lipinski definition) is 0. The molecule has 0 amide bonds.